The summed E-state index contributed by atoms with van der Waals surface area (Å²) in [5, 5.41) is 9.25. The average molecular weight is 323 g/mol. The van der Waals surface area contributed by atoms with Crippen LogP contribution in [0.4, 0.5) is 5.69 Å². The number of hydrogen-bond acceptors (Lipinski definition) is 4. The fraction of sp³-hybridized carbons (Fsp3) is 0.0714. The summed E-state index contributed by atoms with van der Waals surface area (Å²) in [6, 6.07) is 12.6. The summed E-state index contributed by atoms with van der Waals surface area (Å²) >= 11 is 5.88. The molecule has 2 aromatic rings. The minimum atomic E-state index is -3.89. The van der Waals surface area contributed by atoms with Crippen molar-refractivity contribution in [1.82, 2.24) is 0 Å². The first-order valence-electron chi connectivity index (χ1n) is 5.84. The van der Waals surface area contributed by atoms with Crippen LogP contribution in [0, 0.1) is 11.3 Å². The Morgan fingerprint density at radius 3 is 2.57 bits per heavy atom. The summed E-state index contributed by atoms with van der Waals surface area (Å²) in [6.45, 7) is 0. The van der Waals surface area contributed by atoms with Gasteiger partial charge < -0.3 is 4.74 Å². The van der Waals surface area contributed by atoms with Crippen molar-refractivity contribution in [2.75, 3.05) is 11.8 Å². The van der Waals surface area contributed by atoms with Crippen molar-refractivity contribution in [3.8, 4) is 11.8 Å². The molecular formula is C14H11ClN2O3S. The van der Waals surface area contributed by atoms with Gasteiger partial charge in [0, 0.05) is 0 Å². The van der Waals surface area contributed by atoms with Crippen molar-refractivity contribution in [2.45, 2.75) is 4.90 Å². The number of nitriles is 1. The smallest absolute Gasteiger partial charge is 0.265 e. The van der Waals surface area contributed by atoms with Gasteiger partial charge in [0.15, 0.2) is 0 Å². The van der Waals surface area contributed by atoms with Gasteiger partial charge in [-0.05, 0) is 24.3 Å². The van der Waals surface area contributed by atoms with E-state index in [1.54, 1.807) is 18.2 Å². The first-order chi connectivity index (χ1) is 9.99. The Morgan fingerprint density at radius 1 is 1.19 bits per heavy atom. The molecule has 108 valence electrons. The van der Waals surface area contributed by atoms with Gasteiger partial charge in [0.1, 0.15) is 16.7 Å². The van der Waals surface area contributed by atoms with Crippen molar-refractivity contribution >= 4 is 27.3 Å². The third-order valence-electron chi connectivity index (χ3n) is 2.73. The maximum atomic E-state index is 12.4. The normalized spacial score (nSPS) is 10.7. The highest BCUT2D eigenvalue weighted by Crippen LogP contribution is 2.28. The Morgan fingerprint density at radius 2 is 1.90 bits per heavy atom. The molecule has 0 aliphatic rings. The molecule has 7 heteroatoms. The summed E-state index contributed by atoms with van der Waals surface area (Å²) < 4.78 is 32.2. The second-order valence-electron chi connectivity index (χ2n) is 4.03. The third-order valence-corrected chi connectivity index (χ3v) is 4.45. The van der Waals surface area contributed by atoms with E-state index in [-0.39, 0.29) is 26.9 Å². The van der Waals surface area contributed by atoms with E-state index in [9.17, 15) is 8.42 Å². The SMILES string of the molecule is COc1ccccc1S(=O)(=O)Nc1cccc(Cl)c1C#N. The standard InChI is InChI=1S/C14H11ClN2O3S/c1-20-13-7-2-3-8-14(13)21(18,19)17-12-6-4-5-11(15)10(12)9-16/h2-8,17H,1H3. The number of nitrogens with one attached hydrogen (secondary N) is 1. The molecule has 2 aromatic carbocycles. The molecule has 0 atom stereocenters. The number of rotatable bonds is 4. The highest BCUT2D eigenvalue weighted by Gasteiger charge is 2.20. The van der Waals surface area contributed by atoms with Crippen LogP contribution in [0.5, 0.6) is 5.75 Å². The quantitative estimate of drug-likeness (QED) is 0.938. The van der Waals surface area contributed by atoms with Gasteiger partial charge in [0.05, 0.1) is 23.4 Å². The number of anilines is 1. The Balaban J connectivity index is 2.48. The van der Waals surface area contributed by atoms with Gasteiger partial charge in [0.25, 0.3) is 10.0 Å². The first kappa shape index (κ1) is 15.2. The van der Waals surface area contributed by atoms with Gasteiger partial charge in [-0.15, -0.1) is 0 Å². The molecule has 0 fully saturated rings. The minimum Gasteiger partial charge on any atom is -0.495 e. The predicted octanol–water partition coefficient (Wildman–Crippen LogP) is 3.02. The number of methoxy groups -OCH3 is 1. The van der Waals surface area contributed by atoms with Gasteiger partial charge >= 0.3 is 0 Å². The maximum absolute atomic E-state index is 12.4. The van der Waals surface area contributed by atoms with Crippen LogP contribution in [-0.2, 0) is 10.0 Å². The Bertz CT molecular complexity index is 813. The van der Waals surface area contributed by atoms with Crippen molar-refractivity contribution in [3.05, 3.63) is 53.1 Å². The van der Waals surface area contributed by atoms with E-state index in [1.807, 2.05) is 6.07 Å². The fourth-order valence-electron chi connectivity index (χ4n) is 1.76. The molecule has 0 saturated heterocycles. The third kappa shape index (κ3) is 3.10. The predicted molar refractivity (Wildman–Crippen MR) is 80.0 cm³/mol. The van der Waals surface area contributed by atoms with Crippen LogP contribution >= 0.6 is 11.6 Å². The van der Waals surface area contributed by atoms with E-state index < -0.39 is 10.0 Å². The fourth-order valence-corrected chi connectivity index (χ4v) is 3.22. The number of benzene rings is 2. The van der Waals surface area contributed by atoms with Gasteiger partial charge in [-0.2, -0.15) is 5.26 Å². The maximum Gasteiger partial charge on any atom is 0.265 e. The molecule has 0 heterocycles. The molecule has 0 aromatic heterocycles. The number of sulfonamides is 1. The second kappa shape index (κ2) is 6.04. The highest BCUT2D eigenvalue weighted by atomic mass is 35.5. The molecule has 21 heavy (non-hydrogen) atoms. The van der Waals surface area contributed by atoms with Gasteiger partial charge in [-0.3, -0.25) is 4.72 Å². The minimum absolute atomic E-state index is 0.0173. The molecule has 2 rings (SSSR count). The molecule has 0 aliphatic heterocycles. The Labute approximate surface area is 127 Å². The number of nitrogens with zero attached hydrogens (tertiary/aromatic N) is 1. The van der Waals surface area contributed by atoms with Crippen LogP contribution in [0.25, 0.3) is 0 Å². The zero-order chi connectivity index (χ0) is 15.5. The van der Waals surface area contributed by atoms with E-state index in [0.717, 1.165) is 0 Å². The van der Waals surface area contributed by atoms with Crippen molar-refractivity contribution in [3.63, 3.8) is 0 Å². The molecule has 0 amide bonds. The molecule has 0 bridgehead atoms. The lowest BCUT2D eigenvalue weighted by molar-refractivity contribution is 0.403. The molecule has 0 spiro atoms. The van der Waals surface area contributed by atoms with E-state index in [4.69, 9.17) is 21.6 Å². The zero-order valence-corrected chi connectivity index (χ0v) is 12.6. The average Bonchev–Trinajstić information content (AvgIpc) is 2.47. The van der Waals surface area contributed by atoms with Crippen LogP contribution in [0.2, 0.25) is 5.02 Å². The van der Waals surface area contributed by atoms with E-state index in [1.165, 1.54) is 31.4 Å². The second-order valence-corrected chi connectivity index (χ2v) is 6.09. The van der Waals surface area contributed by atoms with Gasteiger partial charge in [-0.25, -0.2) is 8.42 Å². The Kier molecular flexibility index (Phi) is 4.36. The number of hydrogen-bond donors (Lipinski definition) is 1. The molecule has 5 nitrogen and oxygen atoms in total. The number of para-hydroxylation sites is 1. The van der Waals surface area contributed by atoms with Crippen LogP contribution in [0.15, 0.2) is 47.4 Å². The summed E-state index contributed by atoms with van der Waals surface area (Å²) in [5.74, 6) is 0.213. The monoisotopic (exact) mass is 322 g/mol. The molecule has 0 radical (unpaired) electrons. The van der Waals surface area contributed by atoms with Gasteiger partial charge in [0.2, 0.25) is 0 Å². The summed E-state index contributed by atoms with van der Waals surface area (Å²) in [5.41, 5.74) is 0.188. The highest BCUT2D eigenvalue weighted by molar-refractivity contribution is 7.92. The van der Waals surface area contributed by atoms with Crippen LogP contribution < -0.4 is 9.46 Å². The van der Waals surface area contributed by atoms with Crippen LogP contribution in [0.3, 0.4) is 0 Å². The summed E-state index contributed by atoms with van der Waals surface area (Å²) in [6.07, 6.45) is 0. The van der Waals surface area contributed by atoms with Gasteiger partial charge in [-0.1, -0.05) is 29.8 Å². The topological polar surface area (TPSA) is 79.2 Å². The Hall–Kier alpha value is -2.23. The van der Waals surface area contributed by atoms with E-state index in [2.05, 4.69) is 4.72 Å². The van der Waals surface area contributed by atoms with Crippen LogP contribution in [-0.4, -0.2) is 15.5 Å². The lowest BCUT2D eigenvalue weighted by Crippen LogP contribution is -2.15. The van der Waals surface area contributed by atoms with E-state index in [0.29, 0.717) is 0 Å². The van der Waals surface area contributed by atoms with Crippen molar-refractivity contribution in [1.29, 1.82) is 5.26 Å². The van der Waals surface area contributed by atoms with E-state index >= 15 is 0 Å². The molecule has 1 N–H and O–H groups in total. The number of halogens is 1. The van der Waals surface area contributed by atoms with Crippen molar-refractivity contribution < 1.29 is 13.2 Å². The van der Waals surface area contributed by atoms with Crippen LogP contribution in [0.1, 0.15) is 5.56 Å². The molecule has 0 aliphatic carbocycles. The number of ether oxygens (including phenoxy) is 1. The molecular weight excluding hydrogens is 312 g/mol. The lowest BCUT2D eigenvalue weighted by Gasteiger charge is -2.12. The zero-order valence-electron chi connectivity index (χ0n) is 11.0. The summed E-state index contributed by atoms with van der Waals surface area (Å²) in [7, 11) is -2.51. The largest absolute Gasteiger partial charge is 0.495 e. The molecule has 0 unspecified atom stereocenters. The summed E-state index contributed by atoms with van der Waals surface area (Å²) in [4.78, 5) is -0.0173. The lowest BCUT2D eigenvalue weighted by atomic mass is 10.2. The van der Waals surface area contributed by atoms with Crippen molar-refractivity contribution in [2.24, 2.45) is 0 Å². The molecule has 0 saturated carbocycles. The first-order valence-corrected chi connectivity index (χ1v) is 7.70.